The minimum absolute atomic E-state index is 0.167. The van der Waals surface area contributed by atoms with E-state index in [1.54, 1.807) is 29.0 Å². The molecule has 9 heteroatoms. The van der Waals surface area contributed by atoms with Crippen molar-refractivity contribution in [1.29, 1.82) is 0 Å². The number of hydrogen-bond donors (Lipinski definition) is 1. The van der Waals surface area contributed by atoms with Crippen LogP contribution in [0.1, 0.15) is 5.56 Å². The molecule has 39 heavy (non-hydrogen) atoms. The molecule has 0 saturated carbocycles. The van der Waals surface area contributed by atoms with E-state index < -0.39 is 34.6 Å². The lowest BCUT2D eigenvalue weighted by Gasteiger charge is -2.38. The lowest BCUT2D eigenvalue weighted by atomic mass is 9.78. The molecule has 1 unspecified atom stereocenters. The van der Waals surface area contributed by atoms with Crippen LogP contribution in [0.3, 0.4) is 0 Å². The summed E-state index contributed by atoms with van der Waals surface area (Å²) in [6, 6.07) is 15.3. The zero-order valence-electron chi connectivity index (χ0n) is 21.5. The Kier molecular flexibility index (Phi) is 6.72. The maximum Gasteiger partial charge on any atom is 0.311 e. The number of likely N-dealkylation sites (tertiary alicyclic amines) is 1. The van der Waals surface area contributed by atoms with Gasteiger partial charge in [0.25, 0.3) is 5.91 Å². The molecule has 4 heterocycles. The molecule has 2 aromatic carbocycles. The van der Waals surface area contributed by atoms with E-state index in [4.69, 9.17) is 9.47 Å². The van der Waals surface area contributed by atoms with Gasteiger partial charge in [-0.2, -0.15) is 0 Å². The molecule has 2 amide bonds. The van der Waals surface area contributed by atoms with Crippen molar-refractivity contribution in [2.24, 2.45) is 11.8 Å². The van der Waals surface area contributed by atoms with Crippen molar-refractivity contribution in [2.75, 3.05) is 31.8 Å². The van der Waals surface area contributed by atoms with E-state index in [-0.39, 0.29) is 30.3 Å². The van der Waals surface area contributed by atoms with Gasteiger partial charge in [0.05, 0.1) is 36.3 Å². The van der Waals surface area contributed by atoms with Crippen LogP contribution in [-0.4, -0.2) is 76.7 Å². The van der Waals surface area contributed by atoms with Crippen LogP contribution in [-0.2, 0) is 25.5 Å². The van der Waals surface area contributed by atoms with Crippen LogP contribution in [0, 0.1) is 11.8 Å². The van der Waals surface area contributed by atoms with Crippen molar-refractivity contribution in [3.05, 3.63) is 84.5 Å². The molecule has 1 spiro atoms. The van der Waals surface area contributed by atoms with E-state index in [1.807, 2.05) is 66.8 Å². The number of fused-ring (bicyclic) bond motifs is 2. The van der Waals surface area contributed by atoms with Gasteiger partial charge in [0.1, 0.15) is 18.4 Å². The van der Waals surface area contributed by atoms with Gasteiger partial charge in [-0.25, -0.2) is 0 Å². The number of amides is 2. The van der Waals surface area contributed by atoms with Gasteiger partial charge < -0.3 is 24.4 Å². The average Bonchev–Trinajstić information content (AvgIpc) is 3.26. The lowest BCUT2D eigenvalue weighted by molar-refractivity contribution is -0.152. The fourth-order valence-electron chi connectivity index (χ4n) is 6.43. The molecule has 2 fully saturated rings. The van der Waals surface area contributed by atoms with Crippen molar-refractivity contribution >= 4 is 35.2 Å². The quantitative estimate of drug-likeness (QED) is 0.440. The number of cyclic esters (lactones) is 1. The topological polar surface area (TPSA) is 96.4 Å². The number of carbonyl (C=O) groups is 3. The Bertz CT molecular complexity index is 1330. The number of ether oxygens (including phenoxy) is 2. The fraction of sp³-hybridized carbons (Fsp3) is 0.367. The highest BCUT2D eigenvalue weighted by atomic mass is 32.2. The Balaban J connectivity index is 1.46. The number of anilines is 1. The summed E-state index contributed by atoms with van der Waals surface area (Å²) < 4.78 is 9.76. The summed E-state index contributed by atoms with van der Waals surface area (Å²) in [4.78, 5) is 45.3. The Labute approximate surface area is 231 Å². The Morgan fingerprint density at radius 1 is 1.08 bits per heavy atom. The van der Waals surface area contributed by atoms with Crippen LogP contribution >= 0.6 is 11.8 Å². The summed E-state index contributed by atoms with van der Waals surface area (Å²) in [6.07, 6.45) is 8.00. The summed E-state index contributed by atoms with van der Waals surface area (Å²) in [5.41, 5.74) is 1.62. The summed E-state index contributed by atoms with van der Waals surface area (Å²) in [6.45, 7) is 0.167. The van der Waals surface area contributed by atoms with Gasteiger partial charge in [0.15, 0.2) is 0 Å². The van der Waals surface area contributed by atoms with Gasteiger partial charge in [-0.1, -0.05) is 54.6 Å². The van der Waals surface area contributed by atoms with Crippen molar-refractivity contribution in [3.63, 3.8) is 0 Å². The number of methoxy groups -OCH3 is 1. The van der Waals surface area contributed by atoms with Crippen LogP contribution < -0.4 is 9.64 Å². The number of thioether (sulfide) groups is 1. The number of benzene rings is 2. The molecule has 1 N–H and O–H groups in total. The molecule has 202 valence electrons. The minimum atomic E-state index is -0.977. The molecular formula is C30H30N2O6S. The molecule has 0 bridgehead atoms. The number of rotatable bonds is 6. The third-order valence-electron chi connectivity index (χ3n) is 8.15. The van der Waals surface area contributed by atoms with Gasteiger partial charge in [-0.15, -0.1) is 11.8 Å². The van der Waals surface area contributed by atoms with Crippen molar-refractivity contribution in [1.82, 2.24) is 4.90 Å². The van der Waals surface area contributed by atoms with Gasteiger partial charge in [0, 0.05) is 17.5 Å². The predicted molar refractivity (Wildman–Crippen MR) is 147 cm³/mol. The predicted octanol–water partition coefficient (Wildman–Crippen LogP) is 2.61. The first-order valence-electron chi connectivity index (χ1n) is 13.1. The lowest BCUT2D eigenvalue weighted by Crippen LogP contribution is -2.57. The number of carbonyl (C=O) groups excluding carboxylic acids is 3. The second kappa shape index (κ2) is 10.2. The highest BCUT2D eigenvalue weighted by Crippen LogP contribution is 2.61. The van der Waals surface area contributed by atoms with Crippen molar-refractivity contribution < 1.29 is 29.0 Å². The highest BCUT2D eigenvalue weighted by molar-refractivity contribution is 8.02. The zero-order valence-corrected chi connectivity index (χ0v) is 22.3. The molecule has 0 radical (unpaired) electrons. The van der Waals surface area contributed by atoms with Crippen LogP contribution in [0.5, 0.6) is 5.75 Å². The van der Waals surface area contributed by atoms with Gasteiger partial charge >= 0.3 is 5.97 Å². The van der Waals surface area contributed by atoms with E-state index in [1.165, 1.54) is 11.8 Å². The summed E-state index contributed by atoms with van der Waals surface area (Å²) >= 11 is 1.49. The normalized spacial score (nSPS) is 30.3. The van der Waals surface area contributed by atoms with Crippen LogP contribution in [0.2, 0.25) is 0 Å². The number of aliphatic hydroxyl groups is 1. The Morgan fingerprint density at radius 3 is 2.56 bits per heavy atom. The minimum Gasteiger partial charge on any atom is -0.497 e. The van der Waals surface area contributed by atoms with E-state index >= 15 is 0 Å². The van der Waals surface area contributed by atoms with Gasteiger partial charge in [-0.3, -0.25) is 14.4 Å². The summed E-state index contributed by atoms with van der Waals surface area (Å²) in [5.74, 6) is -1.78. The Morgan fingerprint density at radius 2 is 1.85 bits per heavy atom. The second-order valence-electron chi connectivity index (χ2n) is 10.2. The average molecular weight is 547 g/mol. The van der Waals surface area contributed by atoms with Crippen molar-refractivity contribution in [3.8, 4) is 5.75 Å². The molecular weight excluding hydrogens is 516 g/mol. The first-order chi connectivity index (χ1) is 19.0. The van der Waals surface area contributed by atoms with Crippen LogP contribution in [0.15, 0.2) is 78.9 Å². The first-order valence-corrected chi connectivity index (χ1v) is 14.0. The monoisotopic (exact) mass is 546 g/mol. The summed E-state index contributed by atoms with van der Waals surface area (Å²) in [5, 5.41) is 10.3. The fourth-order valence-corrected chi connectivity index (χ4v) is 8.42. The van der Waals surface area contributed by atoms with Crippen LogP contribution in [0.4, 0.5) is 5.69 Å². The summed E-state index contributed by atoms with van der Waals surface area (Å²) in [7, 11) is 1.58. The molecule has 4 aliphatic rings. The van der Waals surface area contributed by atoms with Gasteiger partial charge in [0.2, 0.25) is 5.91 Å². The maximum atomic E-state index is 14.5. The smallest absolute Gasteiger partial charge is 0.311 e. The van der Waals surface area contributed by atoms with E-state index in [9.17, 15) is 19.5 Å². The first kappa shape index (κ1) is 25.7. The Hall–Kier alpha value is -3.56. The van der Waals surface area contributed by atoms with Gasteiger partial charge in [-0.05, 0) is 36.2 Å². The number of aliphatic hydroxyl groups excluding tert-OH is 1. The number of nitrogens with zero attached hydrogens (tertiary/aromatic N) is 2. The highest BCUT2D eigenvalue weighted by Gasteiger charge is 2.71. The molecule has 4 aliphatic heterocycles. The molecule has 0 aromatic heterocycles. The molecule has 6 atom stereocenters. The van der Waals surface area contributed by atoms with E-state index in [0.29, 0.717) is 24.4 Å². The SMILES string of the molecule is COc1ccc(N2CC=C[C@]34S[C@H]5C=CCOC(=O)[C@H]5[C@H]3C(=O)N([C@@H](CO)Cc3ccccc3)C4C2=O)cc1. The third kappa shape index (κ3) is 4.15. The maximum absolute atomic E-state index is 14.5. The molecule has 2 aromatic rings. The second-order valence-corrected chi connectivity index (χ2v) is 11.7. The molecule has 8 nitrogen and oxygen atoms in total. The third-order valence-corrected chi connectivity index (χ3v) is 9.90. The molecule has 6 rings (SSSR count). The van der Waals surface area contributed by atoms with Crippen molar-refractivity contribution in [2.45, 2.75) is 28.5 Å². The zero-order chi connectivity index (χ0) is 27.1. The van der Waals surface area contributed by atoms with E-state index in [2.05, 4.69) is 0 Å². The number of esters is 1. The standard InChI is InChI=1S/C30H30N2O6S/c1-37-22-12-10-20(11-13-22)31-15-6-14-30-25(24-23(39-30)9-5-16-38-29(24)36)27(34)32(26(30)28(31)35)21(18-33)17-19-7-3-2-4-8-19/h2-14,21,23-26,33H,15-18H2,1H3/t21-,23+,24-,25+,26?,30+/m1/s1. The number of hydrogen-bond acceptors (Lipinski definition) is 7. The van der Waals surface area contributed by atoms with Crippen LogP contribution in [0.25, 0.3) is 0 Å². The van der Waals surface area contributed by atoms with E-state index in [0.717, 1.165) is 5.56 Å². The molecule has 2 saturated heterocycles. The molecule has 0 aliphatic carbocycles. The largest absolute Gasteiger partial charge is 0.497 e.